The first-order valence-corrected chi connectivity index (χ1v) is 42.5. The molecular weight excluding hydrogens is 1680 g/mol. The third-order valence-corrected chi connectivity index (χ3v) is 30.9. The Labute approximate surface area is 795 Å². The Bertz CT molecular complexity index is 2210. The maximum absolute atomic E-state index is 4.93. The molecule has 15 aliphatic rings. The predicted molar refractivity (Wildman–Crippen MR) is 506 cm³/mol. The SMILES string of the molecule is C1=CC2C3C=CC=CC3C(CCC3C4C=CC=CC4C4C=CC=CC43)C2C=C1.C1=CC2CCCC2C=C1.C1=CC2CCCC2C=C1.C1=CC2CCCC2C=C1.CC(C)[N-][Si](C)(C)C1CCCC1.CC1C(C)C(C)C(C)C1C.CC1C(C)C(C)C(C)C1C.[CH3-].[CH3-].[CH3-].[CH3-].[CH3-].[CH3-].[CH3-].[CH3-].[CH3-].[CH3-].[CH3-].[CH3-].[CH3-].[CH3-].[CH3-].[CH3-].[CH3-].[CH3-].[Cl][Ti+3].[Ti+4].[Zr+4].[Zr+4].[Zr+4]. The van der Waals surface area contributed by atoms with E-state index in [0.717, 1.165) is 136 Å². The van der Waals surface area contributed by atoms with Gasteiger partial charge in [-0.2, -0.15) is 0 Å². The Morgan fingerprint density at radius 3 is 0.586 bits per heavy atom. The van der Waals surface area contributed by atoms with Crippen LogP contribution in [0, 0.1) is 288 Å². The molecule has 0 aromatic heterocycles. The minimum Gasteiger partial charge on any atom is 4.00 e. The fraction of sp³-hybridized carbons (Fsp3) is 0.553. The first kappa shape index (κ1) is 147. The Kier molecular flexibility index (Phi) is 97.2. The third-order valence-electron chi connectivity index (χ3n) is 27.2. The van der Waals surface area contributed by atoms with Crippen LogP contribution in [0.3, 0.4) is 0 Å². The molecule has 0 aromatic rings. The van der Waals surface area contributed by atoms with Crippen molar-refractivity contribution in [1.82, 2.24) is 0 Å². The number of fused-ring (bicyclic) bond motifs is 9. The average Bonchev–Trinajstić information content (AvgIpc) is 1.61. The van der Waals surface area contributed by atoms with E-state index in [-0.39, 0.29) is 234 Å². The zero-order valence-corrected chi connectivity index (χ0v) is 91.0. The van der Waals surface area contributed by atoms with E-state index in [2.05, 4.69) is 276 Å². The van der Waals surface area contributed by atoms with E-state index in [0.29, 0.717) is 29.7 Å². The van der Waals surface area contributed by atoms with Crippen molar-refractivity contribution in [3.05, 3.63) is 309 Å². The van der Waals surface area contributed by atoms with Gasteiger partial charge in [-0.25, -0.2) is 0 Å². The van der Waals surface area contributed by atoms with Crippen molar-refractivity contribution < 1.29 is 120 Å². The van der Waals surface area contributed by atoms with Crippen LogP contribution in [0.5, 0.6) is 0 Å². The number of hydrogen-bond acceptors (Lipinski definition) is 0. The number of nitrogens with zero attached hydrogens (tertiary/aromatic N) is 1. The predicted octanol–water partition coefficient (Wildman–Crippen LogP) is 33.1. The molecule has 0 aromatic carbocycles. The summed E-state index contributed by atoms with van der Waals surface area (Å²) in [7, 11) is 3.43. The maximum atomic E-state index is 4.93. The van der Waals surface area contributed by atoms with Crippen LogP contribution in [0.15, 0.2) is 170 Å². The fourth-order valence-corrected chi connectivity index (χ4v) is 23.8. The van der Waals surface area contributed by atoms with Gasteiger partial charge >= 0.3 is 129 Å². The zero-order chi connectivity index (χ0) is 63.8. The van der Waals surface area contributed by atoms with Crippen LogP contribution < -0.4 is 0 Å². The maximum Gasteiger partial charge on any atom is 4.00 e. The molecule has 8 fully saturated rings. The Morgan fingerprint density at radius 2 is 0.423 bits per heavy atom. The second-order valence-corrected chi connectivity index (χ2v) is 36.5. The number of rotatable bonds is 6. The minimum absolute atomic E-state index is 0. The Morgan fingerprint density at radius 1 is 0.270 bits per heavy atom. The molecule has 0 aliphatic heterocycles. The van der Waals surface area contributed by atoms with E-state index in [4.69, 9.17) is 4.98 Å². The molecule has 15 aliphatic carbocycles. The van der Waals surface area contributed by atoms with E-state index in [1.165, 1.54) is 116 Å². The van der Waals surface area contributed by atoms with Crippen LogP contribution >= 0.6 is 9.30 Å². The van der Waals surface area contributed by atoms with Crippen LogP contribution in [-0.4, -0.2) is 14.3 Å². The average molecular weight is 1870 g/mol. The molecule has 0 amide bonds. The van der Waals surface area contributed by atoms with Crippen LogP contribution in [0.25, 0.3) is 4.98 Å². The van der Waals surface area contributed by atoms with Gasteiger partial charge in [0.1, 0.15) is 0 Å². The summed E-state index contributed by atoms with van der Waals surface area (Å²) in [6.07, 6.45) is 86.9. The normalized spacial score (nSPS) is 34.1. The van der Waals surface area contributed by atoms with Crippen molar-refractivity contribution in [2.75, 3.05) is 0 Å². The van der Waals surface area contributed by atoms with Gasteiger partial charge in [0.15, 0.2) is 0 Å². The molecule has 15 rings (SSSR count). The van der Waals surface area contributed by atoms with Gasteiger partial charge < -0.3 is 139 Å². The third kappa shape index (κ3) is 39.3. The van der Waals surface area contributed by atoms with Gasteiger partial charge in [-0.3, -0.25) is 0 Å². The molecule has 0 N–H and O–H groups in total. The molecule has 14 unspecified atom stereocenters. The summed E-state index contributed by atoms with van der Waals surface area (Å²) in [6.45, 7) is 33.3. The largest absolute Gasteiger partial charge is 4.00 e. The monoisotopic (exact) mass is 1860 g/mol. The minimum atomic E-state index is -1.21. The molecule has 14 atom stereocenters. The first-order chi connectivity index (χ1) is 42.9. The van der Waals surface area contributed by atoms with Crippen molar-refractivity contribution in [3.8, 4) is 0 Å². The number of allylic oxidation sites excluding steroid dienone is 28. The number of hydrogen-bond donors (Lipinski definition) is 0. The van der Waals surface area contributed by atoms with E-state index in [1.807, 2.05) is 0 Å². The fourth-order valence-electron chi connectivity index (χ4n) is 20.4. The van der Waals surface area contributed by atoms with Gasteiger partial charge in [0.2, 0.25) is 0 Å². The molecule has 8 saturated carbocycles. The van der Waals surface area contributed by atoms with Gasteiger partial charge in [0.05, 0.1) is 0 Å². The molecule has 0 saturated heterocycles. The van der Waals surface area contributed by atoms with Crippen LogP contribution in [0.2, 0.25) is 18.6 Å². The summed E-state index contributed by atoms with van der Waals surface area (Å²) in [5.41, 5.74) is 0.986. The molecule has 0 bridgehead atoms. The van der Waals surface area contributed by atoms with Crippen molar-refractivity contribution >= 4 is 17.5 Å². The summed E-state index contributed by atoms with van der Waals surface area (Å²) >= 11 is 1.47. The van der Waals surface area contributed by atoms with Crippen LogP contribution in [0.4, 0.5) is 0 Å². The van der Waals surface area contributed by atoms with Gasteiger partial charge in [0.25, 0.3) is 0 Å². The van der Waals surface area contributed by atoms with E-state index in [9.17, 15) is 0 Å². The molecule has 8 heteroatoms. The molecule has 111 heavy (non-hydrogen) atoms. The summed E-state index contributed by atoms with van der Waals surface area (Å²) in [5, 5.41) is 0. The van der Waals surface area contributed by atoms with E-state index >= 15 is 0 Å². The van der Waals surface area contributed by atoms with Gasteiger partial charge in [-0.15, -0.1) is 6.04 Å². The number of halogens is 1. The standard InChI is InChI=1S/C28H30.C10H22NSi.2C10H20.3C9H12.18CH3.ClH.2Ti.3Zr/c1-5-13-23-19(9-1)20-10-2-6-14-24(20)27(23)17-18-28-25-15-7-3-11-21(25)22-12-4-8-16-26(22)28;1-9(2)11-12(3,4)10-7-5-6-8-10;2*1-6-7(2)9(4)10(5)8(6)3;3*1-2-5-9-7-3-6-8(9)4-1;;;;;;;;;;;;;;;;;;;;;;;;/h1-16,19-28H,17-18H2;9-10H,5-8H2,1-4H3;2*6-10H,1-5H3;3*1-2,4-5,8-9H,3,6-7H2;18*1H3;1H;;;;;/q;-1;;;;;;18*-1;;5*+4/p-1. The van der Waals surface area contributed by atoms with Crippen molar-refractivity contribution in [3.63, 3.8) is 0 Å². The summed E-state index contributed by atoms with van der Waals surface area (Å²) in [6, 6.07) is 0.548. The molecule has 0 spiro atoms. The van der Waals surface area contributed by atoms with Gasteiger partial charge in [-0.05, 0) is 205 Å². The van der Waals surface area contributed by atoms with Crippen LogP contribution in [0.1, 0.15) is 179 Å². The summed E-state index contributed by atoms with van der Waals surface area (Å²) < 4.78 is 0. The van der Waals surface area contributed by atoms with Crippen molar-refractivity contribution in [1.29, 1.82) is 0 Å². The van der Waals surface area contributed by atoms with E-state index < -0.39 is 8.24 Å². The Hall–Kier alpha value is 0.905. The summed E-state index contributed by atoms with van der Waals surface area (Å²) in [4.78, 5) is 4.93. The first-order valence-electron chi connectivity index (χ1n) is 37.3. The van der Waals surface area contributed by atoms with E-state index in [1.54, 1.807) is 0 Å². The Balaban J connectivity index is -0.0000000753. The summed E-state index contributed by atoms with van der Waals surface area (Å²) in [5.74, 6) is 22.1. The quantitative estimate of drug-likeness (QED) is 0.186. The van der Waals surface area contributed by atoms with Crippen molar-refractivity contribution in [2.24, 2.45) is 154 Å². The van der Waals surface area contributed by atoms with Crippen molar-refractivity contribution in [2.45, 2.75) is 204 Å². The molecule has 1 nitrogen and oxygen atoms in total. The molecule has 630 valence electrons. The smallest absolute Gasteiger partial charge is 4.00 e. The van der Waals surface area contributed by atoms with Gasteiger partial charge in [0, 0.05) is 0 Å². The van der Waals surface area contributed by atoms with Gasteiger partial charge in [-0.1, -0.05) is 325 Å². The molecular formula is C103H182ClNSiTi2Zr3. The second-order valence-electron chi connectivity index (χ2n) is 32.1. The zero-order valence-electron chi connectivity index (χ0n) is 78.8. The second kappa shape index (κ2) is 73.6. The van der Waals surface area contributed by atoms with Crippen LogP contribution in [-0.2, 0) is 120 Å². The topological polar surface area (TPSA) is 14.1 Å². The molecule has 0 radical (unpaired) electrons. The molecule has 0 heterocycles.